The van der Waals surface area contributed by atoms with E-state index in [1.165, 1.54) is 11.1 Å². The van der Waals surface area contributed by atoms with E-state index in [2.05, 4.69) is 43.9 Å². The fourth-order valence-electron chi connectivity index (χ4n) is 7.69. The van der Waals surface area contributed by atoms with Gasteiger partial charge in [-0.05, 0) is 75.3 Å². The highest BCUT2D eigenvalue weighted by atomic mass is 79.9. The molecule has 0 bridgehead atoms. The molecule has 1 aliphatic carbocycles. The van der Waals surface area contributed by atoms with Gasteiger partial charge in [-0.25, -0.2) is 4.39 Å². The molecular weight excluding hydrogens is 551 g/mol. The highest BCUT2D eigenvalue weighted by Crippen LogP contribution is 2.48. The number of hydrogen-bond acceptors (Lipinski definition) is 7. The second-order valence-corrected chi connectivity index (χ2v) is 13.3. The van der Waals surface area contributed by atoms with E-state index in [0.717, 1.165) is 73.2 Å². The summed E-state index contributed by atoms with van der Waals surface area (Å²) in [4.78, 5) is 14.3. The van der Waals surface area contributed by atoms with Crippen LogP contribution in [-0.4, -0.2) is 70.1 Å². The van der Waals surface area contributed by atoms with Gasteiger partial charge in [0.05, 0.1) is 29.0 Å². The van der Waals surface area contributed by atoms with Gasteiger partial charge in [-0.3, -0.25) is 4.90 Å². The topological polar surface area (TPSA) is 71.0 Å². The smallest absolute Gasteiger partial charge is 0.318 e. The van der Waals surface area contributed by atoms with Crippen LogP contribution in [0.15, 0.2) is 22.7 Å². The molecule has 38 heavy (non-hydrogen) atoms. The number of fused-ring (bicyclic) bond motifs is 4. The first-order valence-electron chi connectivity index (χ1n) is 14.1. The largest absolute Gasteiger partial charge is 0.461 e. The van der Waals surface area contributed by atoms with E-state index >= 15 is 0 Å². The molecular formula is C29H36BrFN4O3. The lowest BCUT2D eigenvalue weighted by atomic mass is 9.86. The molecule has 7 nitrogen and oxygen atoms in total. The van der Waals surface area contributed by atoms with Gasteiger partial charge in [-0.15, -0.1) is 0 Å². The van der Waals surface area contributed by atoms with E-state index in [9.17, 15) is 9.50 Å². The third-order valence-corrected chi connectivity index (χ3v) is 10.1. The third kappa shape index (κ3) is 4.25. The maximum absolute atomic E-state index is 14.4. The number of anilines is 1. The molecule has 7 rings (SSSR count). The van der Waals surface area contributed by atoms with Crippen LogP contribution in [0.2, 0.25) is 0 Å². The Morgan fingerprint density at radius 2 is 2.08 bits per heavy atom. The quantitative estimate of drug-likeness (QED) is 0.567. The standard InChI is InChI=1S/C29H36BrFN4O3/c1-27(36)7-2-10-34(17-27)25-22-16-38-29(9-6-19-4-5-20(30)12-23(19)29)14-24(22)32-26(33-25)37-18-28-8-3-11-35(28)15-21(31)13-28/h4-5,12,21,36H,2-3,6-11,13-18H2,1H3/t21-,27-,28+,29-/m1/s1. The summed E-state index contributed by atoms with van der Waals surface area (Å²) < 4.78 is 28.5. The third-order valence-electron chi connectivity index (χ3n) is 9.56. The summed E-state index contributed by atoms with van der Waals surface area (Å²) >= 11 is 3.65. The summed E-state index contributed by atoms with van der Waals surface area (Å²) in [5, 5.41) is 10.9. The number of halogens is 2. The molecule has 0 saturated carbocycles. The molecule has 204 valence electrons. The Kier molecular flexibility index (Phi) is 6.04. The Hall–Kier alpha value is -1.81. The number of alkyl halides is 1. The molecule has 0 radical (unpaired) electrons. The molecule has 1 aromatic heterocycles. The molecule has 0 amide bonds. The van der Waals surface area contributed by atoms with Crippen LogP contribution in [0.4, 0.5) is 10.2 Å². The molecule has 3 saturated heterocycles. The van der Waals surface area contributed by atoms with E-state index in [1.54, 1.807) is 0 Å². The van der Waals surface area contributed by atoms with Crippen LogP contribution in [-0.2, 0) is 29.8 Å². The summed E-state index contributed by atoms with van der Waals surface area (Å²) in [6, 6.07) is 6.84. The predicted octanol–water partition coefficient (Wildman–Crippen LogP) is 4.46. The van der Waals surface area contributed by atoms with Crippen molar-refractivity contribution in [2.45, 2.75) is 87.8 Å². The second kappa shape index (κ2) is 9.11. The first-order valence-corrected chi connectivity index (χ1v) is 14.9. The molecule has 0 unspecified atom stereocenters. The molecule has 1 spiro atoms. The van der Waals surface area contributed by atoms with Gasteiger partial charge in [0, 0.05) is 42.5 Å². The number of benzene rings is 1. The summed E-state index contributed by atoms with van der Waals surface area (Å²) in [5.41, 5.74) is 3.09. The number of aliphatic hydroxyl groups is 1. The van der Waals surface area contributed by atoms with Gasteiger partial charge in [0.15, 0.2) is 0 Å². The Morgan fingerprint density at radius 1 is 1.21 bits per heavy atom. The molecule has 4 atom stereocenters. The van der Waals surface area contributed by atoms with Crippen molar-refractivity contribution in [3.63, 3.8) is 0 Å². The maximum Gasteiger partial charge on any atom is 0.318 e. The maximum atomic E-state index is 14.4. The van der Waals surface area contributed by atoms with Crippen LogP contribution in [0.25, 0.3) is 0 Å². The van der Waals surface area contributed by atoms with Crippen LogP contribution in [0.3, 0.4) is 0 Å². The van der Waals surface area contributed by atoms with Gasteiger partial charge in [0.25, 0.3) is 0 Å². The van der Waals surface area contributed by atoms with E-state index in [0.29, 0.717) is 45.2 Å². The van der Waals surface area contributed by atoms with Gasteiger partial charge in [-0.1, -0.05) is 22.0 Å². The molecule has 3 fully saturated rings. The Labute approximate surface area is 231 Å². The van der Waals surface area contributed by atoms with Crippen LogP contribution in [0, 0.1) is 0 Å². The van der Waals surface area contributed by atoms with Crippen molar-refractivity contribution in [2.24, 2.45) is 0 Å². The van der Waals surface area contributed by atoms with E-state index in [1.807, 2.05) is 6.92 Å². The molecule has 1 aromatic carbocycles. The van der Waals surface area contributed by atoms with Crippen molar-refractivity contribution in [2.75, 3.05) is 37.7 Å². The highest BCUT2D eigenvalue weighted by Gasteiger charge is 2.50. The lowest BCUT2D eigenvalue weighted by molar-refractivity contribution is -0.0731. The number of aromatic nitrogens is 2. The Morgan fingerprint density at radius 3 is 2.95 bits per heavy atom. The van der Waals surface area contributed by atoms with Crippen molar-refractivity contribution in [1.82, 2.24) is 14.9 Å². The average molecular weight is 588 g/mol. The van der Waals surface area contributed by atoms with Crippen LogP contribution >= 0.6 is 15.9 Å². The number of rotatable bonds is 4. The molecule has 1 N–H and O–H groups in total. The monoisotopic (exact) mass is 586 g/mol. The van der Waals surface area contributed by atoms with Gasteiger partial charge in [0.2, 0.25) is 0 Å². The van der Waals surface area contributed by atoms with E-state index < -0.39 is 17.4 Å². The molecule has 5 aliphatic rings. The second-order valence-electron chi connectivity index (χ2n) is 12.4. The summed E-state index contributed by atoms with van der Waals surface area (Å²) in [6.07, 6.45) is 5.96. The van der Waals surface area contributed by atoms with Crippen LogP contribution < -0.4 is 9.64 Å². The lowest BCUT2D eigenvalue weighted by Crippen LogP contribution is -2.47. The number of nitrogens with zero attached hydrogens (tertiary/aromatic N) is 4. The zero-order valence-corrected chi connectivity index (χ0v) is 23.6. The first kappa shape index (κ1) is 25.2. The van der Waals surface area contributed by atoms with Gasteiger partial charge >= 0.3 is 6.01 Å². The van der Waals surface area contributed by atoms with E-state index in [4.69, 9.17) is 19.4 Å². The van der Waals surface area contributed by atoms with Crippen molar-refractivity contribution < 1.29 is 19.0 Å². The Bertz CT molecular complexity index is 1260. The zero-order valence-electron chi connectivity index (χ0n) is 22.0. The fourth-order valence-corrected chi connectivity index (χ4v) is 8.05. The SMILES string of the molecule is C[C@@]1(O)CCCN(c2nc(OC[C@@]34CCCN3C[C@H](F)C4)nc3c2CO[C@]2(CCc4ccc(Br)cc42)C3)C1. The minimum atomic E-state index is -0.798. The minimum absolute atomic E-state index is 0.255. The van der Waals surface area contributed by atoms with Gasteiger partial charge in [0.1, 0.15) is 18.6 Å². The number of β-amino-alcohol motifs (C(OH)–C–C–N with tert-alkyl or cyclic N) is 1. The van der Waals surface area contributed by atoms with Gasteiger partial charge in [-0.2, -0.15) is 9.97 Å². The van der Waals surface area contributed by atoms with Crippen molar-refractivity contribution in [3.05, 3.63) is 45.1 Å². The average Bonchev–Trinajstić information content (AvgIpc) is 3.52. The molecule has 2 aromatic rings. The molecule has 9 heteroatoms. The fraction of sp³-hybridized carbons (Fsp3) is 0.655. The van der Waals surface area contributed by atoms with Gasteiger partial charge < -0.3 is 19.5 Å². The summed E-state index contributed by atoms with van der Waals surface area (Å²) in [5.74, 6) is 0.808. The number of aryl methyl sites for hydroxylation is 1. The minimum Gasteiger partial charge on any atom is -0.461 e. The highest BCUT2D eigenvalue weighted by molar-refractivity contribution is 9.10. The predicted molar refractivity (Wildman–Crippen MR) is 145 cm³/mol. The molecule has 4 aliphatic heterocycles. The Balaban J connectivity index is 1.24. The van der Waals surface area contributed by atoms with Crippen LogP contribution in [0.1, 0.15) is 67.8 Å². The van der Waals surface area contributed by atoms with Crippen molar-refractivity contribution >= 4 is 21.7 Å². The lowest BCUT2D eigenvalue weighted by Gasteiger charge is -2.41. The number of hydrogen-bond donors (Lipinski definition) is 1. The summed E-state index contributed by atoms with van der Waals surface area (Å²) in [7, 11) is 0. The zero-order chi connectivity index (χ0) is 26.1. The number of ether oxygens (including phenoxy) is 2. The van der Waals surface area contributed by atoms with Crippen molar-refractivity contribution in [1.29, 1.82) is 0 Å². The summed E-state index contributed by atoms with van der Waals surface area (Å²) in [6.45, 7) is 5.48. The normalized spacial score (nSPS) is 34.4. The first-order chi connectivity index (χ1) is 18.2. The number of piperidine rings is 1. The van der Waals surface area contributed by atoms with E-state index in [-0.39, 0.29) is 5.54 Å². The van der Waals surface area contributed by atoms with Crippen LogP contribution in [0.5, 0.6) is 6.01 Å². The molecule has 5 heterocycles. The van der Waals surface area contributed by atoms with Crippen molar-refractivity contribution in [3.8, 4) is 6.01 Å².